The number of alkyl halides is 1. The Morgan fingerprint density at radius 1 is 0.926 bits per heavy atom. The summed E-state index contributed by atoms with van der Waals surface area (Å²) in [5.41, 5.74) is 6.21. The largest absolute Gasteiger partial charge is 0.491 e. The number of aryl methyl sites for hydroxylation is 1. The third-order valence-electron chi connectivity index (χ3n) is 10.3. The van der Waals surface area contributed by atoms with Gasteiger partial charge in [-0.3, -0.25) is 14.4 Å². The predicted octanol–water partition coefficient (Wildman–Crippen LogP) is 7.82. The van der Waals surface area contributed by atoms with Crippen LogP contribution in [0.1, 0.15) is 86.0 Å². The Labute approximate surface area is 338 Å². The van der Waals surface area contributed by atoms with Gasteiger partial charge in [0, 0.05) is 42.7 Å². The molecule has 5 rings (SSSR count). The Kier molecular flexibility index (Phi) is 17.2. The summed E-state index contributed by atoms with van der Waals surface area (Å²) in [6.45, 7) is 10.2. The number of Topliss-reactive ketones (excluding diaryl/α,β-unsaturated/α-hetero) is 1. The number of nitrogens with zero attached hydrogens (tertiary/aromatic N) is 2. The summed E-state index contributed by atoms with van der Waals surface area (Å²) in [6.07, 6.45) is 6.94. The van der Waals surface area contributed by atoms with Crippen LogP contribution in [-0.4, -0.2) is 84.2 Å². The number of hydrogen-bond acceptors (Lipinski definition) is 9. The molecule has 0 bridgehead atoms. The molecule has 0 spiro atoms. The van der Waals surface area contributed by atoms with Crippen LogP contribution in [0.25, 0.3) is 10.4 Å². The molecule has 12 heteroatoms. The maximum absolute atomic E-state index is 14.2. The minimum absolute atomic E-state index is 0.0104. The van der Waals surface area contributed by atoms with Crippen molar-refractivity contribution >= 4 is 51.5 Å². The standard InChI is InChI=1S/C42H56IN3O7S/c1-29(2)38(46-27-33-11-6-7-12-34(33)42(46)49)39(47)35-13-10-14-36(35)41(48)44-26-32-16-15-31(40-30(3)45-28-54-40)25-37(32)53-24-23-52-22-21-51-20-19-50-18-9-5-4-8-17-43/h6-7,11-12,15-16,25,28-29,35-36,38H,4-5,8-10,13-14,17-24,26-27H2,1-3H3,(H,44,48)/t35?,36-,38+/m1/s1. The van der Waals surface area contributed by atoms with E-state index in [0.29, 0.717) is 70.3 Å². The third-order valence-corrected chi connectivity index (χ3v) is 12.0. The zero-order valence-electron chi connectivity index (χ0n) is 32.0. The van der Waals surface area contributed by atoms with E-state index in [1.54, 1.807) is 16.2 Å². The molecule has 1 aliphatic heterocycles. The first-order chi connectivity index (χ1) is 26.3. The molecule has 2 aliphatic rings. The first-order valence-corrected chi connectivity index (χ1v) is 21.9. The molecule has 1 unspecified atom stereocenters. The number of aromatic nitrogens is 1. The molecule has 2 amide bonds. The first kappa shape index (κ1) is 42.2. The van der Waals surface area contributed by atoms with Gasteiger partial charge in [-0.25, -0.2) is 4.98 Å². The SMILES string of the molecule is Cc1ncsc1-c1ccc(CNC(=O)[C@@H]2CCCC2C(=O)[C@H](C(C)C)N2Cc3ccccc3C2=O)c(OCCOCCOCCOCCCCCCI)c1. The average molecular weight is 874 g/mol. The molecular formula is C42H56IN3O7S. The summed E-state index contributed by atoms with van der Waals surface area (Å²) in [7, 11) is 0. The summed E-state index contributed by atoms with van der Waals surface area (Å²) in [6, 6.07) is 13.0. The molecule has 1 saturated carbocycles. The molecule has 1 fully saturated rings. The molecule has 2 heterocycles. The molecule has 3 atom stereocenters. The second kappa shape index (κ2) is 22.0. The fourth-order valence-corrected chi connectivity index (χ4v) is 8.79. The van der Waals surface area contributed by atoms with E-state index in [9.17, 15) is 14.4 Å². The second-order valence-corrected chi connectivity index (χ2v) is 16.4. The summed E-state index contributed by atoms with van der Waals surface area (Å²) in [4.78, 5) is 48.5. The third kappa shape index (κ3) is 11.6. The maximum atomic E-state index is 14.2. The summed E-state index contributed by atoms with van der Waals surface area (Å²) in [5.74, 6) is -0.551. The quantitative estimate of drug-likeness (QED) is 0.0551. The average Bonchev–Trinajstić information content (AvgIpc) is 3.92. The van der Waals surface area contributed by atoms with Gasteiger partial charge in [0.05, 0.1) is 55.2 Å². The number of carbonyl (C=O) groups is 3. The summed E-state index contributed by atoms with van der Waals surface area (Å²) in [5, 5.41) is 3.13. The van der Waals surface area contributed by atoms with Gasteiger partial charge in [-0.15, -0.1) is 11.3 Å². The fraction of sp³-hybridized carbons (Fsp3) is 0.571. The van der Waals surface area contributed by atoms with Gasteiger partial charge in [0.15, 0.2) is 5.78 Å². The van der Waals surface area contributed by atoms with Gasteiger partial charge in [-0.2, -0.15) is 0 Å². The number of rotatable bonds is 24. The van der Waals surface area contributed by atoms with Crippen molar-refractivity contribution in [2.75, 3.05) is 50.7 Å². The number of thiazole rings is 1. The van der Waals surface area contributed by atoms with Crippen LogP contribution in [0.5, 0.6) is 5.75 Å². The highest BCUT2D eigenvalue weighted by Crippen LogP contribution is 2.38. The van der Waals surface area contributed by atoms with Gasteiger partial charge in [0.2, 0.25) is 5.91 Å². The minimum Gasteiger partial charge on any atom is -0.491 e. The van der Waals surface area contributed by atoms with Crippen molar-refractivity contribution < 1.29 is 33.3 Å². The number of hydrogen-bond donors (Lipinski definition) is 1. The van der Waals surface area contributed by atoms with Crippen molar-refractivity contribution in [2.45, 2.75) is 84.8 Å². The lowest BCUT2D eigenvalue weighted by Gasteiger charge is -2.33. The van der Waals surface area contributed by atoms with Gasteiger partial charge >= 0.3 is 0 Å². The molecule has 294 valence electrons. The van der Waals surface area contributed by atoms with Gasteiger partial charge in [0.1, 0.15) is 12.4 Å². The Balaban J connectivity index is 1.12. The molecule has 1 aliphatic carbocycles. The molecule has 10 nitrogen and oxygen atoms in total. The number of fused-ring (bicyclic) bond motifs is 1. The van der Waals surface area contributed by atoms with E-state index in [1.807, 2.05) is 68.7 Å². The molecule has 1 aromatic heterocycles. The van der Waals surface area contributed by atoms with Crippen LogP contribution >= 0.6 is 33.9 Å². The van der Waals surface area contributed by atoms with Crippen molar-refractivity contribution in [3.05, 3.63) is 70.4 Å². The molecule has 0 saturated heterocycles. The van der Waals surface area contributed by atoms with Gasteiger partial charge < -0.3 is 29.2 Å². The lowest BCUT2D eigenvalue weighted by atomic mass is 9.83. The summed E-state index contributed by atoms with van der Waals surface area (Å²) >= 11 is 3.99. The van der Waals surface area contributed by atoms with Crippen LogP contribution in [0.15, 0.2) is 48.0 Å². The van der Waals surface area contributed by atoms with Crippen molar-refractivity contribution in [1.29, 1.82) is 0 Å². The highest BCUT2D eigenvalue weighted by Gasteiger charge is 2.45. The van der Waals surface area contributed by atoms with E-state index in [0.717, 1.165) is 46.7 Å². The molecular weight excluding hydrogens is 817 g/mol. The Bertz CT molecular complexity index is 1670. The molecule has 54 heavy (non-hydrogen) atoms. The monoisotopic (exact) mass is 873 g/mol. The van der Waals surface area contributed by atoms with Crippen LogP contribution < -0.4 is 10.1 Å². The van der Waals surface area contributed by atoms with Gasteiger partial charge in [-0.1, -0.05) is 86.0 Å². The zero-order valence-corrected chi connectivity index (χ0v) is 35.0. The van der Waals surface area contributed by atoms with Gasteiger partial charge in [0.25, 0.3) is 5.91 Å². The van der Waals surface area contributed by atoms with Crippen molar-refractivity contribution in [3.8, 4) is 16.2 Å². The van der Waals surface area contributed by atoms with E-state index in [1.165, 1.54) is 23.7 Å². The van der Waals surface area contributed by atoms with Crippen LogP contribution in [0.2, 0.25) is 0 Å². The number of halogens is 1. The topological polar surface area (TPSA) is 116 Å². The number of ketones is 1. The number of benzene rings is 2. The summed E-state index contributed by atoms with van der Waals surface area (Å²) < 4.78 is 24.5. The van der Waals surface area contributed by atoms with Crippen molar-refractivity contribution in [1.82, 2.24) is 15.2 Å². The van der Waals surface area contributed by atoms with Crippen LogP contribution in [0, 0.1) is 24.7 Å². The van der Waals surface area contributed by atoms with Crippen molar-refractivity contribution in [3.63, 3.8) is 0 Å². The Morgan fingerprint density at radius 2 is 1.63 bits per heavy atom. The fourth-order valence-electron chi connectivity index (χ4n) is 7.45. The highest BCUT2D eigenvalue weighted by atomic mass is 127. The van der Waals surface area contributed by atoms with E-state index < -0.39 is 17.9 Å². The lowest BCUT2D eigenvalue weighted by Crippen LogP contribution is -2.49. The number of unbranched alkanes of at least 4 members (excludes halogenated alkanes) is 3. The number of ether oxygens (including phenoxy) is 4. The Hall–Kier alpha value is -2.91. The van der Waals surface area contributed by atoms with Crippen LogP contribution in [0.3, 0.4) is 0 Å². The normalized spacial score (nSPS) is 17.3. The van der Waals surface area contributed by atoms with Gasteiger partial charge in [-0.05, 0) is 66.2 Å². The van der Waals surface area contributed by atoms with Crippen molar-refractivity contribution in [2.24, 2.45) is 17.8 Å². The smallest absolute Gasteiger partial charge is 0.255 e. The lowest BCUT2D eigenvalue weighted by molar-refractivity contribution is -0.136. The Morgan fingerprint density at radius 3 is 2.33 bits per heavy atom. The number of carbonyl (C=O) groups excluding carboxylic acids is 3. The number of nitrogens with one attached hydrogen (secondary N) is 1. The zero-order chi connectivity index (χ0) is 38.3. The maximum Gasteiger partial charge on any atom is 0.255 e. The minimum atomic E-state index is -0.580. The van der Waals surface area contributed by atoms with E-state index in [-0.39, 0.29) is 30.1 Å². The molecule has 3 aromatic rings. The van der Waals surface area contributed by atoms with E-state index in [2.05, 4.69) is 32.9 Å². The van der Waals surface area contributed by atoms with E-state index >= 15 is 0 Å². The van der Waals surface area contributed by atoms with E-state index in [4.69, 9.17) is 18.9 Å². The number of amides is 2. The second-order valence-electron chi connectivity index (χ2n) is 14.4. The molecule has 2 aromatic carbocycles. The highest BCUT2D eigenvalue weighted by molar-refractivity contribution is 14.1. The molecule has 1 N–H and O–H groups in total. The van der Waals surface area contributed by atoms with Crippen LogP contribution in [-0.2, 0) is 36.9 Å². The van der Waals surface area contributed by atoms with Crippen LogP contribution in [0.4, 0.5) is 0 Å². The molecule has 0 radical (unpaired) electrons. The first-order valence-electron chi connectivity index (χ1n) is 19.5. The predicted molar refractivity (Wildman–Crippen MR) is 220 cm³/mol.